The van der Waals surface area contributed by atoms with Crippen molar-refractivity contribution in [3.05, 3.63) is 65.9 Å². The number of rotatable bonds is 5. The zero-order chi connectivity index (χ0) is 20.5. The van der Waals surface area contributed by atoms with Crippen LogP contribution >= 0.6 is 0 Å². The van der Waals surface area contributed by atoms with E-state index in [0.717, 1.165) is 10.2 Å². The number of methoxy groups -OCH3 is 1. The van der Waals surface area contributed by atoms with Crippen LogP contribution < -0.4 is 8.92 Å². The normalized spacial score (nSPS) is 12.0. The van der Waals surface area contributed by atoms with Crippen molar-refractivity contribution in [3.8, 4) is 17.3 Å². The molecule has 0 saturated heterocycles. The lowest BCUT2D eigenvalue weighted by atomic mass is 10.2. The fraction of sp³-hybridized carbons (Fsp3) is 0.167. The van der Waals surface area contributed by atoms with Gasteiger partial charge in [-0.25, -0.2) is 0 Å². The molecule has 0 aliphatic heterocycles. The van der Waals surface area contributed by atoms with Crippen molar-refractivity contribution in [1.29, 1.82) is 0 Å². The first-order chi connectivity index (χ1) is 13.1. The summed E-state index contributed by atoms with van der Waals surface area (Å²) in [5.74, 6) is -0.156. The lowest BCUT2D eigenvalue weighted by Crippen LogP contribution is -2.12. The molecule has 0 radical (unpaired) electrons. The van der Waals surface area contributed by atoms with Crippen LogP contribution in [0.2, 0.25) is 0 Å². The third kappa shape index (κ3) is 4.11. The van der Waals surface area contributed by atoms with Gasteiger partial charge in [-0.05, 0) is 48.9 Å². The first kappa shape index (κ1) is 19.7. The average molecular weight is 412 g/mol. The minimum Gasteiger partial charge on any atom is -0.497 e. The highest BCUT2D eigenvalue weighted by molar-refractivity contribution is 7.87. The Labute approximate surface area is 159 Å². The first-order valence-corrected chi connectivity index (χ1v) is 9.34. The summed E-state index contributed by atoms with van der Waals surface area (Å²) in [7, 11) is -2.98. The number of benzene rings is 2. The van der Waals surface area contributed by atoms with Gasteiger partial charge in [-0.3, -0.25) is 0 Å². The molecule has 0 spiro atoms. The van der Waals surface area contributed by atoms with Crippen molar-refractivity contribution in [1.82, 2.24) is 9.78 Å². The van der Waals surface area contributed by atoms with Crippen molar-refractivity contribution >= 4 is 10.1 Å². The standard InChI is InChI=1S/C18H15F3N2O4S/c1-12-4-3-5-13(10-12)23-17(11-16(22-23)18(19,20)21)27-28(24,25)15-8-6-14(26-2)7-9-15/h3-11H,1-2H3. The maximum Gasteiger partial charge on any atom is 0.435 e. The SMILES string of the molecule is COc1ccc(S(=O)(=O)Oc2cc(C(F)(F)F)nn2-c2cccc(C)c2)cc1. The molecule has 1 heterocycles. The number of ether oxygens (including phenoxy) is 1. The molecule has 10 heteroatoms. The van der Waals surface area contributed by atoms with Gasteiger partial charge in [0.25, 0.3) is 0 Å². The summed E-state index contributed by atoms with van der Waals surface area (Å²) in [4.78, 5) is -0.237. The average Bonchev–Trinajstić information content (AvgIpc) is 3.05. The molecule has 0 bridgehead atoms. The van der Waals surface area contributed by atoms with Crippen LogP contribution in [0.15, 0.2) is 59.5 Å². The molecule has 0 saturated carbocycles. The summed E-state index contributed by atoms with van der Waals surface area (Å²) in [6.45, 7) is 1.74. The minimum atomic E-state index is -4.77. The Morgan fingerprint density at radius 1 is 1.04 bits per heavy atom. The minimum absolute atomic E-state index is 0.232. The number of aromatic nitrogens is 2. The number of nitrogens with zero attached hydrogens (tertiary/aromatic N) is 2. The number of halogens is 3. The van der Waals surface area contributed by atoms with E-state index in [1.807, 2.05) is 0 Å². The van der Waals surface area contributed by atoms with Crippen LogP contribution in [0.3, 0.4) is 0 Å². The van der Waals surface area contributed by atoms with Gasteiger partial charge in [0, 0.05) is 6.07 Å². The Bertz CT molecular complexity index is 1090. The van der Waals surface area contributed by atoms with Gasteiger partial charge in [0.15, 0.2) is 5.69 Å². The second-order valence-electron chi connectivity index (χ2n) is 5.83. The van der Waals surface area contributed by atoms with Crippen molar-refractivity contribution in [2.45, 2.75) is 18.0 Å². The lowest BCUT2D eigenvalue weighted by Gasteiger charge is -2.10. The zero-order valence-corrected chi connectivity index (χ0v) is 15.6. The van der Waals surface area contributed by atoms with Gasteiger partial charge < -0.3 is 8.92 Å². The maximum absolute atomic E-state index is 13.1. The molecule has 6 nitrogen and oxygen atoms in total. The largest absolute Gasteiger partial charge is 0.497 e. The molecule has 28 heavy (non-hydrogen) atoms. The highest BCUT2D eigenvalue weighted by atomic mass is 32.2. The van der Waals surface area contributed by atoms with Gasteiger partial charge in [0.2, 0.25) is 5.88 Å². The second kappa shape index (κ2) is 7.19. The van der Waals surface area contributed by atoms with Crippen LogP contribution in [-0.4, -0.2) is 25.3 Å². The zero-order valence-electron chi connectivity index (χ0n) is 14.8. The molecular formula is C18H15F3N2O4S. The summed E-state index contributed by atoms with van der Waals surface area (Å²) in [6, 6.07) is 12.2. The van der Waals surface area contributed by atoms with E-state index in [4.69, 9.17) is 8.92 Å². The van der Waals surface area contributed by atoms with Gasteiger partial charge in [0.05, 0.1) is 12.8 Å². The van der Waals surface area contributed by atoms with E-state index in [0.29, 0.717) is 11.8 Å². The number of aryl methyl sites for hydroxylation is 1. The summed E-state index contributed by atoms with van der Waals surface area (Å²) in [5, 5.41) is 3.48. The fourth-order valence-corrected chi connectivity index (χ4v) is 3.32. The molecule has 3 aromatic rings. The van der Waals surface area contributed by atoms with Crippen LogP contribution in [0.25, 0.3) is 5.69 Å². The maximum atomic E-state index is 13.1. The summed E-state index contributed by atoms with van der Waals surface area (Å²) in [5.41, 5.74) is -0.283. The van der Waals surface area contributed by atoms with Crippen molar-refractivity contribution in [3.63, 3.8) is 0 Å². The van der Waals surface area contributed by atoms with E-state index < -0.39 is 27.9 Å². The Kier molecular flexibility index (Phi) is 5.07. The number of alkyl halides is 3. The molecule has 0 fully saturated rings. The molecule has 0 N–H and O–H groups in total. The van der Waals surface area contributed by atoms with Gasteiger partial charge in [0.1, 0.15) is 10.6 Å². The first-order valence-electron chi connectivity index (χ1n) is 7.93. The second-order valence-corrected chi connectivity index (χ2v) is 7.38. The third-order valence-corrected chi connectivity index (χ3v) is 5.00. The summed E-state index contributed by atoms with van der Waals surface area (Å²) >= 11 is 0. The highest BCUT2D eigenvalue weighted by Gasteiger charge is 2.36. The molecule has 0 aliphatic rings. The molecular weight excluding hydrogens is 397 g/mol. The number of hydrogen-bond donors (Lipinski definition) is 0. The summed E-state index contributed by atoms with van der Waals surface area (Å²) < 4.78 is 75.2. The van der Waals surface area contributed by atoms with Gasteiger partial charge in [-0.15, -0.1) is 0 Å². The lowest BCUT2D eigenvalue weighted by molar-refractivity contribution is -0.141. The Morgan fingerprint density at radius 2 is 1.71 bits per heavy atom. The highest BCUT2D eigenvalue weighted by Crippen LogP contribution is 2.33. The molecule has 0 unspecified atom stereocenters. The predicted molar refractivity (Wildman–Crippen MR) is 94.1 cm³/mol. The Morgan fingerprint density at radius 3 is 2.29 bits per heavy atom. The molecule has 1 aromatic heterocycles. The Hall–Kier alpha value is -3.01. The van der Waals surface area contributed by atoms with E-state index in [1.165, 1.54) is 37.4 Å². The van der Waals surface area contributed by atoms with Crippen molar-refractivity contribution < 1.29 is 30.5 Å². The van der Waals surface area contributed by atoms with Gasteiger partial charge in [-0.2, -0.15) is 31.4 Å². The smallest absolute Gasteiger partial charge is 0.435 e. The molecule has 3 rings (SSSR count). The summed E-state index contributed by atoms with van der Waals surface area (Å²) in [6.07, 6.45) is -4.77. The van der Waals surface area contributed by atoms with Crippen molar-refractivity contribution in [2.75, 3.05) is 7.11 Å². The van der Waals surface area contributed by atoms with Crippen molar-refractivity contribution in [2.24, 2.45) is 0 Å². The van der Waals surface area contributed by atoms with Gasteiger partial charge in [-0.1, -0.05) is 12.1 Å². The van der Waals surface area contributed by atoms with E-state index in [1.54, 1.807) is 25.1 Å². The quantitative estimate of drug-likeness (QED) is 0.593. The van der Waals surface area contributed by atoms with Crippen LogP contribution in [0.4, 0.5) is 13.2 Å². The number of hydrogen-bond acceptors (Lipinski definition) is 5. The van der Waals surface area contributed by atoms with Gasteiger partial charge >= 0.3 is 16.3 Å². The third-order valence-electron chi connectivity index (χ3n) is 3.76. The fourth-order valence-electron chi connectivity index (χ4n) is 2.41. The Balaban J connectivity index is 2.05. The molecule has 2 aromatic carbocycles. The predicted octanol–water partition coefficient (Wildman–Crippen LogP) is 3.98. The van der Waals surface area contributed by atoms with E-state index in [2.05, 4.69) is 5.10 Å². The van der Waals surface area contributed by atoms with Crippen LogP contribution in [0.1, 0.15) is 11.3 Å². The molecule has 0 aliphatic carbocycles. The van der Waals surface area contributed by atoms with E-state index in [9.17, 15) is 21.6 Å². The molecule has 0 atom stereocenters. The van der Waals surface area contributed by atoms with E-state index >= 15 is 0 Å². The van der Waals surface area contributed by atoms with E-state index in [-0.39, 0.29) is 10.6 Å². The molecule has 148 valence electrons. The van der Waals surface area contributed by atoms with Crippen LogP contribution in [0.5, 0.6) is 11.6 Å². The topological polar surface area (TPSA) is 70.4 Å². The monoisotopic (exact) mass is 412 g/mol. The molecule has 0 amide bonds. The van der Waals surface area contributed by atoms with Crippen LogP contribution in [0, 0.1) is 6.92 Å². The van der Waals surface area contributed by atoms with Crippen LogP contribution in [-0.2, 0) is 16.3 Å².